The summed E-state index contributed by atoms with van der Waals surface area (Å²) in [7, 11) is 0. The van der Waals surface area contributed by atoms with Crippen LogP contribution < -0.4 is 5.32 Å². The van der Waals surface area contributed by atoms with E-state index in [2.05, 4.69) is 10.4 Å². The quantitative estimate of drug-likeness (QED) is 0.775. The summed E-state index contributed by atoms with van der Waals surface area (Å²) in [5.74, 6) is -0.462. The Morgan fingerprint density at radius 1 is 1.28 bits per heavy atom. The molecule has 0 radical (unpaired) electrons. The number of benzene rings is 1. The molecule has 0 fully saturated rings. The summed E-state index contributed by atoms with van der Waals surface area (Å²) in [6, 6.07) is 11.2. The van der Waals surface area contributed by atoms with Crippen LogP contribution in [0.4, 0.5) is 10.6 Å². The Labute approximate surface area is 145 Å². The van der Waals surface area contributed by atoms with Gasteiger partial charge in [0.05, 0.1) is 31.8 Å². The van der Waals surface area contributed by atoms with Gasteiger partial charge in [0.2, 0.25) is 0 Å². The number of ether oxygens (including phenoxy) is 2. The van der Waals surface area contributed by atoms with Crippen LogP contribution in [0.5, 0.6) is 0 Å². The molecule has 1 aromatic heterocycles. The van der Waals surface area contributed by atoms with E-state index in [1.54, 1.807) is 6.92 Å². The lowest BCUT2D eigenvalue weighted by molar-refractivity contribution is 0.0527. The molecule has 25 heavy (non-hydrogen) atoms. The van der Waals surface area contributed by atoms with Gasteiger partial charge < -0.3 is 9.47 Å². The van der Waals surface area contributed by atoms with Gasteiger partial charge in [0.15, 0.2) is 0 Å². The van der Waals surface area contributed by atoms with E-state index in [0.717, 1.165) is 5.56 Å². The van der Waals surface area contributed by atoms with Gasteiger partial charge in [0, 0.05) is 0 Å². The van der Waals surface area contributed by atoms with Gasteiger partial charge in [0.25, 0.3) is 0 Å². The highest BCUT2D eigenvalue weighted by molar-refractivity contribution is 5.98. The highest BCUT2D eigenvalue weighted by Gasteiger charge is 2.21. The second-order valence-electron chi connectivity index (χ2n) is 4.95. The highest BCUT2D eigenvalue weighted by atomic mass is 16.5. The third-order valence-electron chi connectivity index (χ3n) is 3.20. The number of amides is 1. The van der Waals surface area contributed by atoms with Gasteiger partial charge in [-0.3, -0.25) is 5.32 Å². The Bertz CT molecular complexity index is 765. The van der Waals surface area contributed by atoms with E-state index in [1.807, 2.05) is 36.4 Å². The molecule has 130 valence electrons. The summed E-state index contributed by atoms with van der Waals surface area (Å²) >= 11 is 0. The van der Waals surface area contributed by atoms with E-state index < -0.39 is 12.1 Å². The van der Waals surface area contributed by atoms with Crippen molar-refractivity contribution in [3.05, 3.63) is 47.7 Å². The number of anilines is 1. The van der Waals surface area contributed by atoms with Crippen molar-refractivity contribution in [1.82, 2.24) is 9.78 Å². The summed E-state index contributed by atoms with van der Waals surface area (Å²) in [6.45, 7) is 2.19. The Morgan fingerprint density at radius 2 is 2.04 bits per heavy atom. The summed E-state index contributed by atoms with van der Waals surface area (Å²) in [5.41, 5.74) is 0.942. The molecule has 0 atom stereocenters. The van der Waals surface area contributed by atoms with Crippen LogP contribution in [0.15, 0.2) is 36.5 Å². The maximum atomic E-state index is 12.1. The molecule has 0 spiro atoms. The lowest BCUT2D eigenvalue weighted by Crippen LogP contribution is -2.19. The first-order valence-electron chi connectivity index (χ1n) is 7.73. The third kappa shape index (κ3) is 5.07. The van der Waals surface area contributed by atoms with Gasteiger partial charge >= 0.3 is 12.1 Å². The van der Waals surface area contributed by atoms with Crippen molar-refractivity contribution in [2.75, 3.05) is 11.9 Å². The topological polar surface area (TPSA) is 106 Å². The predicted octanol–water partition coefficient (Wildman–Crippen LogP) is 2.72. The number of hydrogen-bond donors (Lipinski definition) is 1. The van der Waals surface area contributed by atoms with E-state index in [1.165, 1.54) is 10.9 Å². The fourth-order valence-corrected chi connectivity index (χ4v) is 2.06. The van der Waals surface area contributed by atoms with E-state index in [-0.39, 0.29) is 37.6 Å². The molecule has 8 nitrogen and oxygen atoms in total. The largest absolute Gasteiger partial charge is 0.462 e. The zero-order valence-electron chi connectivity index (χ0n) is 13.8. The average Bonchev–Trinajstić information content (AvgIpc) is 3.02. The molecule has 0 aliphatic heterocycles. The van der Waals surface area contributed by atoms with Crippen LogP contribution >= 0.6 is 0 Å². The monoisotopic (exact) mass is 342 g/mol. The number of hydrogen-bond acceptors (Lipinski definition) is 6. The zero-order valence-corrected chi connectivity index (χ0v) is 13.8. The van der Waals surface area contributed by atoms with Gasteiger partial charge in [0.1, 0.15) is 18.0 Å². The molecule has 1 heterocycles. The smallest absolute Gasteiger partial charge is 0.413 e. The minimum absolute atomic E-state index is 0.0910. The first-order chi connectivity index (χ1) is 12.2. The number of aromatic nitrogens is 2. The molecule has 0 saturated carbocycles. The van der Waals surface area contributed by atoms with E-state index >= 15 is 0 Å². The van der Waals surface area contributed by atoms with Gasteiger partial charge in [-0.25, -0.2) is 14.3 Å². The van der Waals surface area contributed by atoms with Crippen molar-refractivity contribution in [3.8, 4) is 6.07 Å². The molecular formula is C17H18N4O4. The van der Waals surface area contributed by atoms with Gasteiger partial charge in [-0.1, -0.05) is 30.3 Å². The number of carbonyl (C=O) groups is 2. The Balaban J connectivity index is 2.09. The standard InChI is InChI=1S/C17H18N4O4/c1-2-24-16(22)14-11-19-21(10-6-9-18)15(14)20-17(23)25-12-13-7-4-3-5-8-13/h3-5,7-8,11H,2,6,10,12H2,1H3,(H,20,23). The summed E-state index contributed by atoms with van der Waals surface area (Å²) in [6.07, 6.45) is 0.743. The third-order valence-corrected chi connectivity index (χ3v) is 3.20. The molecule has 1 N–H and O–H groups in total. The maximum Gasteiger partial charge on any atom is 0.413 e. The maximum absolute atomic E-state index is 12.1. The van der Waals surface area contributed by atoms with Crippen LogP contribution in [0.25, 0.3) is 0 Å². The molecule has 2 rings (SSSR count). The number of nitrogens with one attached hydrogen (secondary N) is 1. The Hall–Kier alpha value is -3.34. The van der Waals surface area contributed by atoms with Gasteiger partial charge in [-0.15, -0.1) is 0 Å². The normalized spacial score (nSPS) is 9.92. The lowest BCUT2D eigenvalue weighted by Gasteiger charge is -2.10. The molecule has 0 saturated heterocycles. The van der Waals surface area contributed by atoms with Crippen molar-refractivity contribution in [1.29, 1.82) is 5.26 Å². The molecule has 0 aliphatic rings. The van der Waals surface area contributed by atoms with Crippen molar-refractivity contribution in [2.24, 2.45) is 0 Å². The first-order valence-corrected chi connectivity index (χ1v) is 7.73. The van der Waals surface area contributed by atoms with E-state index in [9.17, 15) is 9.59 Å². The van der Waals surface area contributed by atoms with Crippen LogP contribution in [0, 0.1) is 11.3 Å². The molecule has 8 heteroatoms. The molecule has 0 unspecified atom stereocenters. The fraction of sp³-hybridized carbons (Fsp3) is 0.294. The molecule has 2 aromatic rings. The highest BCUT2D eigenvalue weighted by Crippen LogP contribution is 2.18. The minimum atomic E-state index is -0.729. The van der Waals surface area contributed by atoms with E-state index in [0.29, 0.717) is 0 Å². The number of aryl methyl sites for hydroxylation is 1. The van der Waals surface area contributed by atoms with Crippen molar-refractivity contribution >= 4 is 17.9 Å². The number of nitriles is 1. The summed E-state index contributed by atoms with van der Waals surface area (Å²) in [4.78, 5) is 24.0. The number of carbonyl (C=O) groups excluding carboxylic acids is 2. The molecule has 0 bridgehead atoms. The van der Waals surface area contributed by atoms with Crippen LogP contribution in [0.2, 0.25) is 0 Å². The second kappa shape index (κ2) is 9.08. The van der Waals surface area contributed by atoms with Crippen molar-refractivity contribution in [3.63, 3.8) is 0 Å². The lowest BCUT2D eigenvalue weighted by atomic mass is 10.2. The summed E-state index contributed by atoms with van der Waals surface area (Å²) < 4.78 is 11.5. The second-order valence-corrected chi connectivity index (χ2v) is 4.95. The van der Waals surface area contributed by atoms with E-state index in [4.69, 9.17) is 14.7 Å². The number of rotatable bonds is 7. The van der Waals surface area contributed by atoms with Gasteiger partial charge in [-0.05, 0) is 12.5 Å². The molecule has 0 aliphatic carbocycles. The minimum Gasteiger partial charge on any atom is -0.462 e. The Kier molecular flexibility index (Phi) is 6.54. The SMILES string of the molecule is CCOC(=O)c1cnn(CCC#N)c1NC(=O)OCc1ccccc1. The van der Waals surface area contributed by atoms with Gasteiger partial charge in [-0.2, -0.15) is 10.4 Å². The molecule has 1 amide bonds. The Morgan fingerprint density at radius 3 is 2.72 bits per heavy atom. The van der Waals surface area contributed by atoms with Crippen LogP contribution in [0.3, 0.4) is 0 Å². The van der Waals surface area contributed by atoms with Crippen molar-refractivity contribution in [2.45, 2.75) is 26.5 Å². The van der Waals surface area contributed by atoms with Crippen LogP contribution in [-0.4, -0.2) is 28.4 Å². The molecular weight excluding hydrogens is 324 g/mol. The number of esters is 1. The van der Waals surface area contributed by atoms with Crippen LogP contribution in [-0.2, 0) is 22.6 Å². The first kappa shape index (κ1) is 18.0. The predicted molar refractivity (Wildman–Crippen MR) is 88.7 cm³/mol. The molecule has 1 aromatic carbocycles. The fourth-order valence-electron chi connectivity index (χ4n) is 2.06. The van der Waals surface area contributed by atoms with Crippen molar-refractivity contribution < 1.29 is 19.1 Å². The number of nitrogens with zero attached hydrogens (tertiary/aromatic N) is 3. The average molecular weight is 342 g/mol. The summed E-state index contributed by atoms with van der Waals surface area (Å²) in [5, 5.41) is 15.2. The zero-order chi connectivity index (χ0) is 18.1. The van der Waals surface area contributed by atoms with Crippen LogP contribution in [0.1, 0.15) is 29.3 Å².